The summed E-state index contributed by atoms with van der Waals surface area (Å²) < 4.78 is 0. The highest BCUT2D eigenvalue weighted by molar-refractivity contribution is 5.38. The summed E-state index contributed by atoms with van der Waals surface area (Å²) in [6, 6.07) is 0. The van der Waals surface area contributed by atoms with Gasteiger partial charge >= 0.3 is 0 Å². The highest BCUT2D eigenvalue weighted by atomic mass is 16.3. The lowest BCUT2D eigenvalue weighted by atomic mass is 9.71. The van der Waals surface area contributed by atoms with Gasteiger partial charge in [-0.15, -0.1) is 0 Å². The number of hydrogen-bond donors (Lipinski definition) is 1. The molecule has 0 saturated carbocycles. The first-order valence-corrected chi connectivity index (χ1v) is 10.2. The van der Waals surface area contributed by atoms with Gasteiger partial charge in [0.1, 0.15) is 0 Å². The summed E-state index contributed by atoms with van der Waals surface area (Å²) in [5.41, 5.74) is 6.35. The summed E-state index contributed by atoms with van der Waals surface area (Å²) in [6.45, 7) is 14.9. The molecule has 0 heterocycles. The van der Waals surface area contributed by atoms with Gasteiger partial charge in [0, 0.05) is 0 Å². The van der Waals surface area contributed by atoms with Gasteiger partial charge in [-0.1, -0.05) is 103 Å². The van der Waals surface area contributed by atoms with Crippen molar-refractivity contribution in [3.05, 3.63) is 94.7 Å². The quantitative estimate of drug-likeness (QED) is 0.453. The van der Waals surface area contributed by atoms with E-state index in [9.17, 15) is 5.11 Å². The van der Waals surface area contributed by atoms with Crippen LogP contribution in [0.15, 0.2) is 94.7 Å². The normalized spacial score (nSPS) is 22.6. The minimum atomic E-state index is -0.210. The Bertz CT molecular complexity index is 758. The molecular formula is C27H38O. The van der Waals surface area contributed by atoms with E-state index in [-0.39, 0.29) is 11.5 Å². The molecule has 0 saturated heterocycles. The molecule has 0 radical (unpaired) electrons. The first-order chi connectivity index (χ1) is 13.2. The zero-order valence-electron chi connectivity index (χ0n) is 18.8. The maximum atomic E-state index is 10.0. The van der Waals surface area contributed by atoms with E-state index in [2.05, 4.69) is 102 Å². The summed E-state index contributed by atoms with van der Waals surface area (Å²) >= 11 is 0. The lowest BCUT2D eigenvalue weighted by Gasteiger charge is -2.35. The van der Waals surface area contributed by atoms with Crippen LogP contribution in [0, 0.1) is 5.41 Å². The minimum Gasteiger partial charge on any atom is -0.393 e. The van der Waals surface area contributed by atoms with Crippen molar-refractivity contribution in [3.8, 4) is 0 Å². The lowest BCUT2D eigenvalue weighted by Crippen LogP contribution is -2.28. The Morgan fingerprint density at radius 3 is 2.00 bits per heavy atom. The summed E-state index contributed by atoms with van der Waals surface area (Å²) in [5.74, 6) is 0. The van der Waals surface area contributed by atoms with Crippen molar-refractivity contribution in [2.75, 3.05) is 0 Å². The van der Waals surface area contributed by atoms with E-state index < -0.39 is 0 Å². The zero-order chi connectivity index (χ0) is 21.2. The molecule has 0 bridgehead atoms. The summed E-state index contributed by atoms with van der Waals surface area (Å²) in [7, 11) is 0. The Kier molecular flexibility index (Phi) is 9.96. The molecule has 1 nitrogen and oxygen atoms in total. The lowest BCUT2D eigenvalue weighted by molar-refractivity contribution is 0.116. The fourth-order valence-corrected chi connectivity index (χ4v) is 3.59. The molecule has 152 valence electrons. The fraction of sp³-hybridized carbons (Fsp3) is 0.407. The molecule has 1 aliphatic carbocycles. The third-order valence-electron chi connectivity index (χ3n) is 4.97. The maximum Gasteiger partial charge on any atom is 0.0585 e. The molecule has 1 atom stereocenters. The molecule has 0 aromatic heterocycles. The van der Waals surface area contributed by atoms with Gasteiger partial charge in [0.05, 0.1) is 6.10 Å². The van der Waals surface area contributed by atoms with Gasteiger partial charge in [-0.3, -0.25) is 0 Å². The van der Waals surface area contributed by atoms with Crippen LogP contribution >= 0.6 is 0 Å². The highest BCUT2D eigenvalue weighted by Gasteiger charge is 2.31. The van der Waals surface area contributed by atoms with Crippen LogP contribution in [0.3, 0.4) is 0 Å². The van der Waals surface area contributed by atoms with Crippen molar-refractivity contribution in [2.24, 2.45) is 5.41 Å². The summed E-state index contributed by atoms with van der Waals surface area (Å²) in [6.07, 6.45) is 24.6. The molecule has 1 heteroatoms. The van der Waals surface area contributed by atoms with Crippen LogP contribution in [-0.2, 0) is 0 Å². The maximum absolute atomic E-state index is 10.0. The van der Waals surface area contributed by atoms with Gasteiger partial charge in [0.25, 0.3) is 0 Å². The Labute approximate surface area is 172 Å². The number of hydrogen-bond acceptors (Lipinski definition) is 1. The molecule has 0 fully saturated rings. The van der Waals surface area contributed by atoms with Gasteiger partial charge in [-0.2, -0.15) is 0 Å². The van der Waals surface area contributed by atoms with Gasteiger partial charge in [0.15, 0.2) is 0 Å². The monoisotopic (exact) mass is 378 g/mol. The number of aliphatic hydroxyl groups is 1. The van der Waals surface area contributed by atoms with E-state index in [0.29, 0.717) is 0 Å². The van der Waals surface area contributed by atoms with E-state index in [1.54, 1.807) is 0 Å². The molecule has 0 unspecified atom stereocenters. The van der Waals surface area contributed by atoms with Gasteiger partial charge in [0.2, 0.25) is 0 Å². The summed E-state index contributed by atoms with van der Waals surface area (Å²) in [4.78, 5) is 0. The van der Waals surface area contributed by atoms with Crippen molar-refractivity contribution in [1.82, 2.24) is 0 Å². The predicted molar refractivity (Wildman–Crippen MR) is 125 cm³/mol. The SMILES string of the molecule is C/C=C/C(C)=C/C=C/C=C(C)/C=C/C=C(C)/C=C/C1=C(C)C[C@@H](O)CC1(C)C. The standard InChI is InChI=1S/C27H38O/c1-8-12-21(2)13-9-10-14-22(3)15-11-16-23(4)17-18-26-24(5)19-25(28)20-27(26,6)7/h8-18,25,28H,19-20H2,1-7H3/b10-9+,12-8+,15-11+,18-17+,21-13+,22-14+,23-16+/t25-/m1/s1. The smallest absolute Gasteiger partial charge is 0.0585 e. The van der Waals surface area contributed by atoms with Gasteiger partial charge in [-0.05, 0) is 58.4 Å². The fourth-order valence-electron chi connectivity index (χ4n) is 3.59. The highest BCUT2D eigenvalue weighted by Crippen LogP contribution is 2.41. The second-order valence-corrected chi connectivity index (χ2v) is 8.45. The first kappa shape index (κ1) is 23.9. The second-order valence-electron chi connectivity index (χ2n) is 8.45. The summed E-state index contributed by atoms with van der Waals surface area (Å²) in [5, 5.41) is 10.0. The Balaban J connectivity index is 2.72. The Hall–Kier alpha value is -2.12. The van der Waals surface area contributed by atoms with Crippen LogP contribution < -0.4 is 0 Å². The molecule has 1 N–H and O–H groups in total. The topological polar surface area (TPSA) is 20.2 Å². The zero-order valence-corrected chi connectivity index (χ0v) is 18.8. The number of rotatable bonds is 7. The molecule has 0 aromatic carbocycles. The molecule has 0 aliphatic heterocycles. The predicted octanol–water partition coefficient (Wildman–Crippen LogP) is 7.57. The average molecular weight is 379 g/mol. The molecule has 0 aromatic rings. The number of aliphatic hydroxyl groups excluding tert-OH is 1. The molecule has 1 rings (SSSR count). The van der Waals surface area contributed by atoms with Crippen LogP contribution in [0.5, 0.6) is 0 Å². The van der Waals surface area contributed by atoms with Crippen LogP contribution in [0.4, 0.5) is 0 Å². The molecule has 28 heavy (non-hydrogen) atoms. The Morgan fingerprint density at radius 2 is 1.43 bits per heavy atom. The van der Waals surface area contributed by atoms with Crippen LogP contribution in [0.2, 0.25) is 0 Å². The molecule has 0 amide bonds. The van der Waals surface area contributed by atoms with Gasteiger partial charge < -0.3 is 5.11 Å². The minimum absolute atomic E-state index is 0.0275. The van der Waals surface area contributed by atoms with E-state index in [1.165, 1.54) is 27.9 Å². The van der Waals surface area contributed by atoms with Crippen molar-refractivity contribution in [3.63, 3.8) is 0 Å². The van der Waals surface area contributed by atoms with Crippen molar-refractivity contribution in [2.45, 2.75) is 67.4 Å². The van der Waals surface area contributed by atoms with E-state index in [0.717, 1.165) is 12.8 Å². The van der Waals surface area contributed by atoms with Crippen molar-refractivity contribution < 1.29 is 5.11 Å². The second kappa shape index (κ2) is 11.7. The van der Waals surface area contributed by atoms with Gasteiger partial charge in [-0.25, -0.2) is 0 Å². The third kappa shape index (κ3) is 8.71. The van der Waals surface area contributed by atoms with Crippen LogP contribution in [-0.4, -0.2) is 11.2 Å². The average Bonchev–Trinajstić information content (AvgIpc) is 2.57. The van der Waals surface area contributed by atoms with Crippen LogP contribution in [0.25, 0.3) is 0 Å². The van der Waals surface area contributed by atoms with Crippen LogP contribution in [0.1, 0.15) is 61.3 Å². The Morgan fingerprint density at radius 1 is 0.893 bits per heavy atom. The van der Waals surface area contributed by atoms with Crippen molar-refractivity contribution >= 4 is 0 Å². The van der Waals surface area contributed by atoms with Crippen molar-refractivity contribution in [1.29, 1.82) is 0 Å². The molecule has 0 spiro atoms. The third-order valence-corrected chi connectivity index (χ3v) is 4.97. The number of allylic oxidation sites excluding steroid dienone is 15. The van der Waals surface area contributed by atoms with E-state index >= 15 is 0 Å². The molecular weight excluding hydrogens is 340 g/mol. The van der Waals surface area contributed by atoms with E-state index in [1.807, 2.05) is 13.0 Å². The largest absolute Gasteiger partial charge is 0.393 e. The first-order valence-electron chi connectivity index (χ1n) is 10.2. The van der Waals surface area contributed by atoms with E-state index in [4.69, 9.17) is 0 Å². The molecule has 1 aliphatic rings.